The van der Waals surface area contributed by atoms with Gasteiger partial charge in [-0.05, 0) is 110 Å². The highest BCUT2D eigenvalue weighted by atomic mass is 33.7. The van der Waals surface area contributed by atoms with Crippen molar-refractivity contribution in [3.05, 3.63) is 121 Å². The number of carbonyl (C=O) groups is 2. The molecule has 0 bridgehead atoms. The van der Waals surface area contributed by atoms with E-state index in [1.165, 1.54) is 54.7 Å². The minimum Gasteiger partial charge on any atom is -0.508 e. The van der Waals surface area contributed by atoms with Gasteiger partial charge in [0, 0.05) is 23.2 Å². The van der Waals surface area contributed by atoms with E-state index in [0.29, 0.717) is 12.1 Å². The average Bonchev–Trinajstić information content (AvgIpc) is 3.14. The maximum Gasteiger partial charge on any atom is 0.347 e. The van der Waals surface area contributed by atoms with Crippen LogP contribution in [0.2, 0.25) is 0 Å². The molecule has 0 spiro atoms. The number of carbonyl (C=O) groups excluding carboxylic acids is 2. The van der Waals surface area contributed by atoms with Gasteiger partial charge >= 0.3 is 11.9 Å². The van der Waals surface area contributed by atoms with Crippen molar-refractivity contribution in [1.82, 2.24) is 4.98 Å². The van der Waals surface area contributed by atoms with Gasteiger partial charge in [-0.2, -0.15) is 10.2 Å². The van der Waals surface area contributed by atoms with Crippen LogP contribution in [-0.4, -0.2) is 30.4 Å². The molecule has 1 aliphatic heterocycles. The predicted octanol–water partition coefficient (Wildman–Crippen LogP) is 9.37. The van der Waals surface area contributed by atoms with Gasteiger partial charge < -0.3 is 14.6 Å². The summed E-state index contributed by atoms with van der Waals surface area (Å²) >= 11 is 15.3. The first kappa shape index (κ1) is 38.8. The number of anilines is 1. The molecule has 0 atom stereocenters. The lowest BCUT2D eigenvalue weighted by Crippen LogP contribution is -2.14. The number of sulfonamides is 1. The maximum absolute atomic E-state index is 13.5. The number of benzene rings is 4. The number of hydrogen-bond donors (Lipinski definition) is 2. The highest BCUT2D eigenvalue weighted by Gasteiger charge is 2.45. The van der Waals surface area contributed by atoms with E-state index in [2.05, 4.69) is 19.9 Å². The molecule has 2 heterocycles. The third-order valence-electron chi connectivity index (χ3n) is 7.43. The molecular weight excluding hydrogens is 811 g/mol. The van der Waals surface area contributed by atoms with Gasteiger partial charge in [0.05, 0.1) is 25.2 Å². The molecule has 1 aliphatic rings. The number of unbranched alkanes of at least 4 members (excludes halogenated alkanes) is 1. The highest BCUT2D eigenvalue weighted by Crippen LogP contribution is 3.04. The molecule has 2 N–H and O–H groups in total. The first-order valence-corrected chi connectivity index (χ1v) is 27.1. The number of nitrogens with zero attached hydrogens (tertiary/aromatic N) is 3. The van der Waals surface area contributed by atoms with Crippen molar-refractivity contribution in [3.8, 4) is 17.2 Å². The van der Waals surface area contributed by atoms with Gasteiger partial charge in [-0.15, -0.1) is 0 Å². The number of ether oxygens (including phenoxy) is 2. The second kappa shape index (κ2) is 16.6. The molecule has 5 aromatic rings. The zero-order valence-electron chi connectivity index (χ0n) is 27.8. The van der Waals surface area contributed by atoms with Crippen molar-refractivity contribution in [3.63, 3.8) is 0 Å². The molecule has 1 aromatic heterocycles. The SMILES string of the molecule is CCCCC(=O)Oc1ccc(/N=N/c2ccc(S(=O)(=O)Nc3ccccn3)cc2)cc1C(=O)Oc1ccc(P2(=S)SP(=S)(c3ccc(O)cc3)S2)cc1. The summed E-state index contributed by atoms with van der Waals surface area (Å²) in [6.07, 6.45) is 3.08. The topological polar surface area (TPSA) is 157 Å². The number of hydrogen-bond acceptors (Lipinski definition) is 14. The standard InChI is InChI=1S/C35H30N4O7P2S5/c1-2-3-7-34(41)46-32-21-10-25(38-37-24-8-19-30(20-9-24)53(43,44)39-33-6-4-5-22-36-33)23-31(32)35(42)45-27-13-17-29(18-14-27)48(50)51-47(49,52-48)28-15-11-26(40)12-16-28/h4-6,8-23,40H,2-3,7H2,1H3,(H,36,39)/b38-37+. The number of phenols is 1. The molecule has 4 aromatic carbocycles. The number of aromatic nitrogens is 1. The lowest BCUT2D eigenvalue weighted by molar-refractivity contribution is -0.134. The lowest BCUT2D eigenvalue weighted by atomic mass is 10.1. The first-order valence-electron chi connectivity index (χ1n) is 15.9. The fourth-order valence-electron chi connectivity index (χ4n) is 4.72. The minimum absolute atomic E-state index is 0.00779. The number of nitrogens with one attached hydrogen (secondary N) is 1. The number of esters is 2. The Morgan fingerprint density at radius 3 is 2.08 bits per heavy atom. The molecule has 0 saturated carbocycles. The van der Waals surface area contributed by atoms with Gasteiger partial charge in [0.2, 0.25) is 0 Å². The molecule has 272 valence electrons. The van der Waals surface area contributed by atoms with E-state index in [0.717, 1.165) is 17.0 Å². The Balaban J connectivity index is 1.16. The number of aromatic hydroxyl groups is 1. The summed E-state index contributed by atoms with van der Waals surface area (Å²) in [5.41, 5.74) is 0.574. The monoisotopic (exact) mass is 840 g/mol. The van der Waals surface area contributed by atoms with Gasteiger partial charge in [0.25, 0.3) is 10.0 Å². The third kappa shape index (κ3) is 9.63. The second-order valence-electron chi connectivity index (χ2n) is 11.3. The quantitative estimate of drug-likeness (QED) is 0.0502. The summed E-state index contributed by atoms with van der Waals surface area (Å²) in [5.74, 6) is -0.623. The van der Waals surface area contributed by atoms with Crippen molar-refractivity contribution >= 4 is 104 Å². The lowest BCUT2D eigenvalue weighted by Gasteiger charge is -2.40. The molecule has 53 heavy (non-hydrogen) atoms. The number of rotatable bonds is 13. The molecule has 1 fully saturated rings. The Morgan fingerprint density at radius 1 is 0.830 bits per heavy atom. The molecule has 0 aliphatic carbocycles. The summed E-state index contributed by atoms with van der Waals surface area (Å²) in [7, 11) is -3.88. The van der Waals surface area contributed by atoms with Crippen LogP contribution in [0.5, 0.6) is 17.2 Å². The predicted molar refractivity (Wildman–Crippen MR) is 220 cm³/mol. The van der Waals surface area contributed by atoms with Crippen LogP contribution < -0.4 is 24.8 Å². The van der Waals surface area contributed by atoms with Crippen molar-refractivity contribution in [2.75, 3.05) is 4.72 Å². The van der Waals surface area contributed by atoms with Crippen molar-refractivity contribution in [2.24, 2.45) is 10.2 Å². The Bertz CT molecular complexity index is 2370. The van der Waals surface area contributed by atoms with Crippen LogP contribution in [0.4, 0.5) is 17.2 Å². The number of azo groups is 1. The van der Waals surface area contributed by atoms with E-state index in [9.17, 15) is 23.1 Å². The van der Waals surface area contributed by atoms with Crippen LogP contribution >= 0.6 is 30.9 Å². The zero-order chi connectivity index (χ0) is 37.6. The van der Waals surface area contributed by atoms with Crippen LogP contribution in [0.15, 0.2) is 131 Å². The number of pyridine rings is 1. The van der Waals surface area contributed by atoms with Crippen LogP contribution in [-0.2, 0) is 38.4 Å². The highest BCUT2D eigenvalue weighted by molar-refractivity contribution is 9.48. The molecular formula is C35H30N4O7P2S5. The average molecular weight is 841 g/mol. The molecule has 6 rings (SSSR count). The fourth-order valence-corrected chi connectivity index (χ4v) is 48.0. The molecule has 11 nitrogen and oxygen atoms in total. The summed E-state index contributed by atoms with van der Waals surface area (Å²) in [6, 6.07) is 29.0. The van der Waals surface area contributed by atoms with Crippen molar-refractivity contribution < 1.29 is 32.6 Å². The van der Waals surface area contributed by atoms with Crippen LogP contribution in [0, 0.1) is 0 Å². The van der Waals surface area contributed by atoms with Gasteiger partial charge in [-0.3, -0.25) is 9.52 Å². The summed E-state index contributed by atoms with van der Waals surface area (Å²) in [6.45, 7) is 1.95. The molecule has 18 heteroatoms. The smallest absolute Gasteiger partial charge is 0.347 e. The Hall–Kier alpha value is -3.88. The molecule has 1 saturated heterocycles. The van der Waals surface area contributed by atoms with E-state index in [-0.39, 0.29) is 45.6 Å². The van der Waals surface area contributed by atoms with E-state index in [4.69, 9.17) is 33.1 Å². The molecule has 0 amide bonds. The summed E-state index contributed by atoms with van der Waals surface area (Å²) < 4.78 is 35.1. The van der Waals surface area contributed by atoms with Gasteiger partial charge in [-0.1, -0.05) is 65.0 Å². The minimum atomic E-state index is -3.88. The largest absolute Gasteiger partial charge is 0.508 e. The van der Waals surface area contributed by atoms with Crippen LogP contribution in [0.1, 0.15) is 36.5 Å². The maximum atomic E-state index is 13.5. The molecule has 0 radical (unpaired) electrons. The summed E-state index contributed by atoms with van der Waals surface area (Å²) in [4.78, 5) is 30.0. The van der Waals surface area contributed by atoms with Gasteiger partial charge in [-0.25, -0.2) is 18.2 Å². The third-order valence-corrected chi connectivity index (χ3v) is 40.0. The normalized spacial score (nSPS) is 18.2. The Morgan fingerprint density at radius 2 is 1.45 bits per heavy atom. The van der Waals surface area contributed by atoms with Crippen molar-refractivity contribution in [2.45, 2.75) is 31.1 Å². The van der Waals surface area contributed by atoms with E-state index in [1.54, 1.807) is 58.4 Å². The van der Waals surface area contributed by atoms with Crippen molar-refractivity contribution in [1.29, 1.82) is 0 Å². The van der Waals surface area contributed by atoms with E-state index in [1.807, 2.05) is 31.2 Å². The van der Waals surface area contributed by atoms with Crippen LogP contribution in [0.3, 0.4) is 0 Å². The zero-order valence-corrected chi connectivity index (χ0v) is 33.6. The second-order valence-corrected chi connectivity index (χ2v) is 34.3. The molecule has 0 unspecified atom stereocenters. The Kier molecular flexibility index (Phi) is 12.2. The fraction of sp³-hybridized carbons (Fsp3) is 0.114. The Labute approximate surface area is 324 Å². The number of phenolic OH excluding ortho intramolecular Hbond substituents is 1. The van der Waals surface area contributed by atoms with Gasteiger partial charge in [0.15, 0.2) is 0 Å². The van der Waals surface area contributed by atoms with Crippen LogP contribution in [0.25, 0.3) is 0 Å². The first-order chi connectivity index (χ1) is 25.4. The van der Waals surface area contributed by atoms with E-state index < -0.39 is 30.8 Å². The van der Waals surface area contributed by atoms with E-state index >= 15 is 0 Å². The van der Waals surface area contributed by atoms with Gasteiger partial charge in [0.1, 0.15) is 28.6 Å². The summed E-state index contributed by atoms with van der Waals surface area (Å²) in [5, 5.41) is 20.0.